The fourth-order valence-corrected chi connectivity index (χ4v) is 4.74. The van der Waals surface area contributed by atoms with E-state index in [1.54, 1.807) is 15.6 Å². The van der Waals surface area contributed by atoms with Crippen molar-refractivity contribution in [3.05, 3.63) is 46.6 Å². The molecular formula is C22H23BrN8O2. The average Bonchev–Trinajstić information content (AvgIpc) is 3.34. The summed E-state index contributed by atoms with van der Waals surface area (Å²) in [5, 5.41) is 6.86. The lowest BCUT2D eigenvalue weighted by Gasteiger charge is -2.36. The topological polar surface area (TPSA) is 121 Å². The van der Waals surface area contributed by atoms with Gasteiger partial charge in [-0.05, 0) is 27.9 Å². The van der Waals surface area contributed by atoms with Crippen LogP contribution in [0.5, 0.6) is 0 Å². The zero-order valence-corrected chi connectivity index (χ0v) is 19.4. The number of nitrogens with one attached hydrogen (secondary N) is 1. The van der Waals surface area contributed by atoms with Gasteiger partial charge in [0.25, 0.3) is 5.91 Å². The minimum atomic E-state index is -0.539. The van der Waals surface area contributed by atoms with Crippen LogP contribution in [0.2, 0.25) is 0 Å². The molecule has 0 saturated carbocycles. The Morgan fingerprint density at radius 2 is 2.03 bits per heavy atom. The van der Waals surface area contributed by atoms with Crippen molar-refractivity contribution in [3.8, 4) is 0 Å². The standard InChI is InChI=1S/C22H23BrN8O2/c23-17-18(24)31-19(15(12-26-31)14-6-4-2-1-3-5-8-25-9-7-14)27-20(17)29-10-11-30-16(13-29)21(32)28-22(30)33/h1-3,5-6,9,12,16H,4,7-8,10-11,13,24H2,(H,28,32,33)/b2-1-,5-3-,14-6+,25-9?. The van der Waals surface area contributed by atoms with Gasteiger partial charge in [0, 0.05) is 37.8 Å². The van der Waals surface area contributed by atoms with E-state index in [0.29, 0.717) is 54.4 Å². The zero-order valence-electron chi connectivity index (χ0n) is 17.8. The van der Waals surface area contributed by atoms with Gasteiger partial charge < -0.3 is 15.5 Å². The molecule has 11 heteroatoms. The van der Waals surface area contributed by atoms with E-state index in [4.69, 9.17) is 10.7 Å². The second kappa shape index (κ2) is 8.81. The molecule has 1 unspecified atom stereocenters. The van der Waals surface area contributed by atoms with E-state index in [9.17, 15) is 9.59 Å². The molecule has 0 spiro atoms. The molecule has 3 aliphatic heterocycles. The van der Waals surface area contributed by atoms with Crippen molar-refractivity contribution in [1.82, 2.24) is 24.8 Å². The fraction of sp³-hybridized carbons (Fsp3) is 0.318. The first-order valence-corrected chi connectivity index (χ1v) is 11.5. The number of hydrogen-bond donors (Lipinski definition) is 2. The Hall–Kier alpha value is -3.47. The summed E-state index contributed by atoms with van der Waals surface area (Å²) in [5.74, 6) is 0.763. The minimum Gasteiger partial charge on any atom is -0.383 e. The monoisotopic (exact) mass is 510 g/mol. The first-order chi connectivity index (χ1) is 16.0. The second-order valence-electron chi connectivity index (χ2n) is 7.95. The lowest BCUT2D eigenvalue weighted by molar-refractivity contribution is -0.121. The summed E-state index contributed by atoms with van der Waals surface area (Å²) in [4.78, 5) is 37.1. The van der Waals surface area contributed by atoms with Gasteiger partial charge in [0.1, 0.15) is 22.2 Å². The maximum absolute atomic E-state index is 12.2. The Kier molecular flexibility index (Phi) is 5.71. The molecule has 0 aliphatic carbocycles. The molecule has 3 aliphatic rings. The van der Waals surface area contributed by atoms with Gasteiger partial charge in [-0.2, -0.15) is 9.61 Å². The Labute approximate surface area is 198 Å². The summed E-state index contributed by atoms with van der Waals surface area (Å²) >= 11 is 3.57. The van der Waals surface area contributed by atoms with E-state index < -0.39 is 6.04 Å². The molecule has 2 aromatic rings. The SMILES string of the molecule is Nc1c(Br)c(N2CCN3C(=O)NC(=O)C3C2)nc2c(/C3=C/C/C=C\C=C/CN=CC3)cnn12. The van der Waals surface area contributed by atoms with E-state index in [-0.39, 0.29) is 11.9 Å². The summed E-state index contributed by atoms with van der Waals surface area (Å²) in [6, 6.07) is -0.877. The minimum absolute atomic E-state index is 0.288. The number of hydrogen-bond acceptors (Lipinski definition) is 7. The van der Waals surface area contributed by atoms with Crippen LogP contribution in [-0.4, -0.2) is 69.9 Å². The van der Waals surface area contributed by atoms with Crippen molar-refractivity contribution in [2.75, 3.05) is 36.8 Å². The van der Waals surface area contributed by atoms with Gasteiger partial charge in [0.15, 0.2) is 5.65 Å². The van der Waals surface area contributed by atoms with Crippen molar-refractivity contribution in [3.63, 3.8) is 0 Å². The maximum Gasteiger partial charge on any atom is 0.324 e. The fourth-order valence-electron chi connectivity index (χ4n) is 4.23. The van der Waals surface area contributed by atoms with Crippen molar-refractivity contribution < 1.29 is 9.59 Å². The zero-order chi connectivity index (χ0) is 22.9. The molecule has 0 radical (unpaired) electrons. The molecule has 0 bridgehead atoms. The number of carbonyl (C=O) groups is 2. The van der Waals surface area contributed by atoms with Crippen LogP contribution >= 0.6 is 15.9 Å². The highest BCUT2D eigenvalue weighted by Crippen LogP contribution is 2.34. The van der Waals surface area contributed by atoms with E-state index >= 15 is 0 Å². The van der Waals surface area contributed by atoms with Crippen LogP contribution in [0, 0.1) is 0 Å². The number of carbonyl (C=O) groups excluding carboxylic acids is 2. The number of aliphatic imine (C=N–C) groups is 1. The van der Waals surface area contributed by atoms with Crippen molar-refractivity contribution >= 4 is 56.9 Å². The molecule has 0 aromatic carbocycles. The van der Waals surface area contributed by atoms with Crippen molar-refractivity contribution in [1.29, 1.82) is 0 Å². The van der Waals surface area contributed by atoms with Crippen molar-refractivity contribution in [2.45, 2.75) is 18.9 Å². The normalized spacial score (nSPS) is 24.8. The van der Waals surface area contributed by atoms with Gasteiger partial charge >= 0.3 is 6.03 Å². The van der Waals surface area contributed by atoms with Crippen LogP contribution in [0.4, 0.5) is 16.4 Å². The number of halogens is 1. The summed E-state index contributed by atoms with van der Waals surface area (Å²) in [6.45, 7) is 1.94. The first kappa shape index (κ1) is 21.4. The molecule has 33 heavy (non-hydrogen) atoms. The lowest BCUT2D eigenvalue weighted by Crippen LogP contribution is -2.53. The van der Waals surface area contributed by atoms with Gasteiger partial charge in [-0.3, -0.25) is 15.1 Å². The number of urea groups is 1. The third-order valence-corrected chi connectivity index (χ3v) is 6.72. The van der Waals surface area contributed by atoms with Crippen LogP contribution in [-0.2, 0) is 4.79 Å². The highest BCUT2D eigenvalue weighted by molar-refractivity contribution is 9.10. The van der Waals surface area contributed by atoms with Gasteiger partial charge in [-0.25, -0.2) is 9.78 Å². The second-order valence-corrected chi connectivity index (χ2v) is 8.74. The molecule has 2 fully saturated rings. The highest BCUT2D eigenvalue weighted by atomic mass is 79.9. The van der Waals surface area contributed by atoms with E-state index in [1.165, 1.54) is 0 Å². The van der Waals surface area contributed by atoms with Gasteiger partial charge in [-0.15, -0.1) is 0 Å². The third-order valence-electron chi connectivity index (χ3n) is 5.96. The Morgan fingerprint density at radius 3 is 2.91 bits per heavy atom. The number of aromatic nitrogens is 3. The number of allylic oxidation sites excluding steroid dienone is 5. The summed E-state index contributed by atoms with van der Waals surface area (Å²) in [5.41, 5.74) is 9.01. The van der Waals surface area contributed by atoms with Gasteiger partial charge in [0.2, 0.25) is 0 Å². The predicted molar refractivity (Wildman–Crippen MR) is 130 cm³/mol. The number of rotatable bonds is 2. The highest BCUT2D eigenvalue weighted by Gasteiger charge is 2.42. The average molecular weight is 511 g/mol. The molecule has 5 rings (SSSR count). The number of nitrogen functional groups attached to an aromatic ring is 1. The molecule has 170 valence electrons. The van der Waals surface area contributed by atoms with Crippen LogP contribution in [0.1, 0.15) is 18.4 Å². The molecule has 1 atom stereocenters. The van der Waals surface area contributed by atoms with Crippen LogP contribution < -0.4 is 16.0 Å². The van der Waals surface area contributed by atoms with Crippen molar-refractivity contribution in [2.24, 2.45) is 4.99 Å². The van der Waals surface area contributed by atoms with E-state index in [1.807, 2.05) is 29.3 Å². The predicted octanol–water partition coefficient (Wildman–Crippen LogP) is 2.17. The van der Waals surface area contributed by atoms with Crippen LogP contribution in [0.3, 0.4) is 0 Å². The quantitative estimate of drug-likeness (QED) is 0.597. The number of nitrogens with zero attached hydrogens (tertiary/aromatic N) is 6. The Morgan fingerprint density at radius 1 is 1.18 bits per heavy atom. The van der Waals surface area contributed by atoms with E-state index in [2.05, 4.69) is 43.5 Å². The van der Waals surface area contributed by atoms with Gasteiger partial charge in [0.05, 0.1) is 12.7 Å². The Bertz CT molecular complexity index is 1240. The number of amides is 3. The largest absolute Gasteiger partial charge is 0.383 e. The smallest absolute Gasteiger partial charge is 0.324 e. The molecule has 5 heterocycles. The lowest BCUT2D eigenvalue weighted by atomic mass is 10.0. The molecular weight excluding hydrogens is 488 g/mol. The number of fused-ring (bicyclic) bond motifs is 2. The number of imide groups is 1. The number of nitrogens with two attached hydrogens (primary N) is 1. The third kappa shape index (κ3) is 3.92. The summed E-state index contributed by atoms with van der Waals surface area (Å²) < 4.78 is 2.22. The maximum atomic E-state index is 12.2. The van der Waals surface area contributed by atoms with Crippen LogP contribution in [0.15, 0.2) is 46.0 Å². The summed E-state index contributed by atoms with van der Waals surface area (Å²) in [7, 11) is 0. The van der Waals surface area contributed by atoms with Gasteiger partial charge in [-0.1, -0.05) is 30.4 Å². The number of anilines is 2. The molecule has 3 N–H and O–H groups in total. The summed E-state index contributed by atoms with van der Waals surface area (Å²) in [6.07, 6.45) is 15.4. The molecule has 2 saturated heterocycles. The molecule has 2 aromatic heterocycles. The number of piperazine rings is 1. The Balaban J connectivity index is 1.53. The van der Waals surface area contributed by atoms with E-state index in [0.717, 1.165) is 17.6 Å². The van der Waals surface area contributed by atoms with Crippen LogP contribution in [0.25, 0.3) is 11.2 Å². The molecule has 10 nitrogen and oxygen atoms in total. The first-order valence-electron chi connectivity index (χ1n) is 10.7. The molecule has 3 amide bonds.